The number of hydrogen-bond donors (Lipinski definition) is 1. The SMILES string of the molecule is Cc1ccc(C(c2cccc(C=O)n2)N2CCOCCOCCN(Cc3cccc(C(=O)O)n3)CCOCCOCC2)cc1. The smallest absolute Gasteiger partial charge is 0.354 e. The van der Waals surface area contributed by atoms with Gasteiger partial charge in [-0.05, 0) is 36.8 Å². The predicted molar refractivity (Wildman–Crippen MR) is 164 cm³/mol. The van der Waals surface area contributed by atoms with Crippen molar-refractivity contribution in [3.05, 3.63) is 94.6 Å². The Kier molecular flexibility index (Phi) is 13.8. The molecule has 0 bridgehead atoms. The quantitative estimate of drug-likeness (QED) is 0.399. The van der Waals surface area contributed by atoms with Crippen molar-refractivity contribution < 1.29 is 33.6 Å². The number of aromatic nitrogens is 2. The van der Waals surface area contributed by atoms with Gasteiger partial charge in [0.25, 0.3) is 0 Å². The number of nitrogens with zero attached hydrogens (tertiary/aromatic N) is 4. The van der Waals surface area contributed by atoms with Crippen LogP contribution in [-0.4, -0.2) is 116 Å². The van der Waals surface area contributed by atoms with Crippen molar-refractivity contribution in [1.29, 1.82) is 0 Å². The number of aryl methyl sites for hydroxylation is 1. The van der Waals surface area contributed by atoms with E-state index in [0.29, 0.717) is 97.0 Å². The molecule has 11 nitrogen and oxygen atoms in total. The van der Waals surface area contributed by atoms with Crippen molar-refractivity contribution >= 4 is 12.3 Å². The van der Waals surface area contributed by atoms with Crippen LogP contribution in [0.3, 0.4) is 0 Å². The van der Waals surface area contributed by atoms with Crippen molar-refractivity contribution in [3.8, 4) is 0 Å². The maximum atomic E-state index is 11.5. The van der Waals surface area contributed by atoms with Crippen LogP contribution >= 0.6 is 0 Å². The maximum Gasteiger partial charge on any atom is 0.354 e. The van der Waals surface area contributed by atoms with Crippen LogP contribution in [0.5, 0.6) is 0 Å². The zero-order valence-electron chi connectivity index (χ0n) is 25.3. The van der Waals surface area contributed by atoms with Crippen LogP contribution < -0.4 is 0 Å². The third-order valence-corrected chi connectivity index (χ3v) is 7.26. The number of carbonyl (C=O) groups excluding carboxylic acids is 1. The number of aldehydes is 1. The van der Waals surface area contributed by atoms with E-state index < -0.39 is 5.97 Å². The topological polar surface area (TPSA) is 124 Å². The van der Waals surface area contributed by atoms with Gasteiger partial charge in [0.2, 0.25) is 0 Å². The van der Waals surface area contributed by atoms with Gasteiger partial charge in [-0.2, -0.15) is 0 Å². The number of ether oxygens (including phenoxy) is 4. The predicted octanol–water partition coefficient (Wildman–Crippen LogP) is 3.27. The normalized spacial score (nSPS) is 18.1. The largest absolute Gasteiger partial charge is 0.477 e. The van der Waals surface area contributed by atoms with Crippen molar-refractivity contribution in [2.24, 2.45) is 0 Å². The number of hydrogen-bond acceptors (Lipinski definition) is 10. The van der Waals surface area contributed by atoms with Crippen LogP contribution in [-0.2, 0) is 25.5 Å². The summed E-state index contributed by atoms with van der Waals surface area (Å²) in [6.45, 7) is 8.82. The molecule has 11 heteroatoms. The number of benzene rings is 1. The summed E-state index contributed by atoms with van der Waals surface area (Å²) in [6.07, 6.45) is 0.772. The zero-order chi connectivity index (χ0) is 31.0. The summed E-state index contributed by atoms with van der Waals surface area (Å²) in [4.78, 5) is 36.1. The number of carbonyl (C=O) groups is 2. The van der Waals surface area contributed by atoms with Gasteiger partial charge in [-0.1, -0.05) is 42.0 Å². The Morgan fingerprint density at radius 3 is 1.98 bits per heavy atom. The second-order valence-electron chi connectivity index (χ2n) is 10.5. The van der Waals surface area contributed by atoms with E-state index >= 15 is 0 Å². The van der Waals surface area contributed by atoms with E-state index in [1.54, 1.807) is 12.1 Å². The molecule has 1 aromatic carbocycles. The lowest BCUT2D eigenvalue weighted by atomic mass is 9.99. The fourth-order valence-electron chi connectivity index (χ4n) is 4.95. The van der Waals surface area contributed by atoms with Gasteiger partial charge in [0.05, 0.1) is 70.3 Å². The highest BCUT2D eigenvalue weighted by Gasteiger charge is 2.24. The zero-order valence-corrected chi connectivity index (χ0v) is 25.3. The number of carboxylic acid groups (broad SMARTS) is 1. The summed E-state index contributed by atoms with van der Waals surface area (Å²) in [5.74, 6) is -1.05. The molecule has 1 unspecified atom stereocenters. The van der Waals surface area contributed by atoms with E-state index in [4.69, 9.17) is 18.9 Å². The molecule has 1 aliphatic rings. The molecule has 1 atom stereocenters. The van der Waals surface area contributed by atoms with Crippen LogP contribution in [0.2, 0.25) is 0 Å². The first kappa shape index (κ1) is 33.3. The highest BCUT2D eigenvalue weighted by Crippen LogP contribution is 2.28. The molecule has 0 amide bonds. The molecule has 0 saturated carbocycles. The van der Waals surface area contributed by atoms with E-state index in [0.717, 1.165) is 17.5 Å². The van der Waals surface area contributed by atoms with Gasteiger partial charge in [-0.15, -0.1) is 0 Å². The molecule has 1 aliphatic heterocycles. The average molecular weight is 607 g/mol. The lowest BCUT2D eigenvalue weighted by Gasteiger charge is -2.32. The number of pyridine rings is 2. The molecule has 0 radical (unpaired) electrons. The van der Waals surface area contributed by atoms with Crippen molar-refractivity contribution in [3.63, 3.8) is 0 Å². The molecule has 4 rings (SSSR count). The van der Waals surface area contributed by atoms with Gasteiger partial charge >= 0.3 is 5.97 Å². The first-order valence-electron chi connectivity index (χ1n) is 15.0. The molecule has 3 aromatic rings. The first-order valence-corrected chi connectivity index (χ1v) is 15.0. The monoisotopic (exact) mass is 606 g/mol. The van der Waals surface area contributed by atoms with Crippen LogP contribution in [0, 0.1) is 6.92 Å². The average Bonchev–Trinajstić information content (AvgIpc) is 3.03. The standard InChI is InChI=1S/C33H42N4O7/c1-26-8-10-27(11-9-26)32(30-6-3-5-29(25-38)35-30)37-14-18-43-22-20-41-16-12-36(13-17-42-21-23-44-19-15-37)24-28-4-2-7-31(34-28)33(39)40/h2-11,25,32H,12-24H2,1H3,(H,39,40). The fourth-order valence-corrected chi connectivity index (χ4v) is 4.95. The number of carboxylic acids is 1. The van der Waals surface area contributed by atoms with E-state index in [1.165, 1.54) is 11.6 Å². The fraction of sp³-hybridized carbons (Fsp3) is 0.455. The Morgan fingerprint density at radius 1 is 0.795 bits per heavy atom. The Labute approximate surface area is 258 Å². The van der Waals surface area contributed by atoms with E-state index in [9.17, 15) is 14.7 Å². The van der Waals surface area contributed by atoms with Gasteiger partial charge in [0.15, 0.2) is 6.29 Å². The van der Waals surface area contributed by atoms with E-state index in [2.05, 4.69) is 51.0 Å². The van der Waals surface area contributed by atoms with Crippen LogP contribution in [0.1, 0.15) is 49.5 Å². The minimum atomic E-state index is -1.05. The Bertz CT molecular complexity index is 1290. The second-order valence-corrected chi connectivity index (χ2v) is 10.5. The number of rotatable bonds is 7. The Hall–Kier alpha value is -3.58. The Balaban J connectivity index is 1.38. The van der Waals surface area contributed by atoms with Crippen molar-refractivity contribution in [2.75, 3.05) is 79.0 Å². The lowest BCUT2D eigenvalue weighted by Crippen LogP contribution is -2.36. The summed E-state index contributed by atoms with van der Waals surface area (Å²) in [7, 11) is 0. The summed E-state index contributed by atoms with van der Waals surface area (Å²) in [5.41, 5.74) is 4.14. The summed E-state index contributed by atoms with van der Waals surface area (Å²) < 4.78 is 23.7. The van der Waals surface area contributed by atoms with Crippen molar-refractivity contribution in [1.82, 2.24) is 19.8 Å². The molecule has 236 valence electrons. The minimum absolute atomic E-state index is 0.0279. The molecular weight excluding hydrogens is 564 g/mol. The third-order valence-electron chi connectivity index (χ3n) is 7.26. The molecule has 0 aliphatic carbocycles. The van der Waals surface area contributed by atoms with E-state index in [1.807, 2.05) is 18.2 Å². The highest BCUT2D eigenvalue weighted by molar-refractivity contribution is 5.85. The lowest BCUT2D eigenvalue weighted by molar-refractivity contribution is 0.00332. The van der Waals surface area contributed by atoms with Crippen LogP contribution in [0.25, 0.3) is 0 Å². The molecule has 1 fully saturated rings. The molecule has 3 heterocycles. The van der Waals surface area contributed by atoms with Crippen LogP contribution in [0.4, 0.5) is 0 Å². The number of aromatic carboxylic acids is 1. The van der Waals surface area contributed by atoms with Gasteiger partial charge in [-0.3, -0.25) is 14.6 Å². The summed E-state index contributed by atoms with van der Waals surface area (Å²) in [5, 5.41) is 9.27. The van der Waals surface area contributed by atoms with Gasteiger partial charge in [0.1, 0.15) is 11.4 Å². The molecule has 2 aromatic heterocycles. The molecule has 44 heavy (non-hydrogen) atoms. The third kappa shape index (κ3) is 10.8. The van der Waals surface area contributed by atoms with Gasteiger partial charge in [-0.25, -0.2) is 14.8 Å². The van der Waals surface area contributed by atoms with E-state index in [-0.39, 0.29) is 11.7 Å². The Morgan fingerprint density at radius 2 is 1.39 bits per heavy atom. The second kappa shape index (κ2) is 18.3. The van der Waals surface area contributed by atoms with Gasteiger partial charge in [0, 0.05) is 32.7 Å². The first-order chi connectivity index (χ1) is 21.5. The van der Waals surface area contributed by atoms with Crippen LogP contribution in [0.15, 0.2) is 60.7 Å². The molecule has 0 spiro atoms. The van der Waals surface area contributed by atoms with Crippen molar-refractivity contribution in [2.45, 2.75) is 19.5 Å². The summed E-state index contributed by atoms with van der Waals surface area (Å²) >= 11 is 0. The molecular formula is C33H42N4O7. The highest BCUT2D eigenvalue weighted by atomic mass is 16.5. The summed E-state index contributed by atoms with van der Waals surface area (Å²) in [6, 6.07) is 18.7. The molecule has 1 saturated heterocycles. The van der Waals surface area contributed by atoms with Gasteiger partial charge < -0.3 is 24.1 Å². The maximum absolute atomic E-state index is 11.5. The molecule has 1 N–H and O–H groups in total. The minimum Gasteiger partial charge on any atom is -0.477 e.